The number of amides is 1. The van der Waals surface area contributed by atoms with Crippen molar-refractivity contribution in [2.45, 2.75) is 53.6 Å². The van der Waals surface area contributed by atoms with Crippen LogP contribution in [0, 0.1) is 26.6 Å². The summed E-state index contributed by atoms with van der Waals surface area (Å²) in [7, 11) is 1.91. The molecule has 1 heterocycles. The van der Waals surface area contributed by atoms with Gasteiger partial charge in [-0.15, -0.1) is 0 Å². The van der Waals surface area contributed by atoms with Gasteiger partial charge in [-0.25, -0.2) is 4.39 Å². The minimum Gasteiger partial charge on any atom is -0.336 e. The third-order valence-electron chi connectivity index (χ3n) is 4.58. The van der Waals surface area contributed by atoms with Gasteiger partial charge in [-0.3, -0.25) is 9.48 Å². The van der Waals surface area contributed by atoms with Crippen LogP contribution >= 0.6 is 0 Å². The quantitative estimate of drug-likeness (QED) is 0.841. The minimum absolute atomic E-state index is 0.00125. The molecule has 5 heteroatoms. The summed E-state index contributed by atoms with van der Waals surface area (Å²) in [5.41, 5.74) is 4.76. The maximum Gasteiger partial charge on any atom is 0.227 e. The van der Waals surface area contributed by atoms with Crippen LogP contribution in [0.5, 0.6) is 0 Å². The Labute approximate surface area is 143 Å². The predicted octanol–water partition coefficient (Wildman–Crippen LogP) is 3.46. The van der Waals surface area contributed by atoms with Gasteiger partial charge in [0.1, 0.15) is 5.82 Å². The van der Waals surface area contributed by atoms with Gasteiger partial charge in [0, 0.05) is 30.9 Å². The molecule has 0 aliphatic rings. The largest absolute Gasteiger partial charge is 0.336 e. The van der Waals surface area contributed by atoms with Crippen LogP contribution in [0.25, 0.3) is 0 Å². The van der Waals surface area contributed by atoms with Crippen LogP contribution in [0.15, 0.2) is 18.2 Å². The monoisotopic (exact) mass is 331 g/mol. The Kier molecular flexibility index (Phi) is 5.42. The summed E-state index contributed by atoms with van der Waals surface area (Å²) in [5.74, 6) is -0.306. The van der Waals surface area contributed by atoms with Crippen LogP contribution in [0.3, 0.4) is 0 Å². The first-order chi connectivity index (χ1) is 11.2. The van der Waals surface area contributed by atoms with Crippen molar-refractivity contribution in [3.05, 3.63) is 52.1 Å². The fourth-order valence-corrected chi connectivity index (χ4v) is 2.87. The molecule has 130 valence electrons. The second kappa shape index (κ2) is 7.16. The van der Waals surface area contributed by atoms with Crippen LogP contribution < -0.4 is 0 Å². The van der Waals surface area contributed by atoms with E-state index >= 15 is 0 Å². The molecule has 2 rings (SSSR count). The number of carbonyl (C=O) groups excluding carboxylic acids is 1. The first kappa shape index (κ1) is 18.2. The van der Waals surface area contributed by atoms with E-state index in [0.29, 0.717) is 6.54 Å². The molecule has 1 aromatic heterocycles. The third-order valence-corrected chi connectivity index (χ3v) is 4.58. The summed E-state index contributed by atoms with van der Waals surface area (Å²) in [6, 6.07) is 4.65. The number of halogens is 1. The predicted molar refractivity (Wildman–Crippen MR) is 93.2 cm³/mol. The Morgan fingerprint density at radius 1 is 1.29 bits per heavy atom. The molecule has 0 atom stereocenters. The van der Waals surface area contributed by atoms with Gasteiger partial charge in [0.15, 0.2) is 0 Å². The van der Waals surface area contributed by atoms with Crippen molar-refractivity contribution in [3.63, 3.8) is 0 Å². The lowest BCUT2D eigenvalue weighted by molar-refractivity contribution is -0.132. The Morgan fingerprint density at radius 3 is 2.50 bits per heavy atom. The summed E-state index contributed by atoms with van der Waals surface area (Å²) in [5, 5.41) is 4.42. The molecule has 4 nitrogen and oxygen atoms in total. The molecule has 0 saturated heterocycles. The third kappa shape index (κ3) is 3.83. The van der Waals surface area contributed by atoms with Crippen molar-refractivity contribution in [2.75, 3.05) is 0 Å². The molecule has 0 saturated carbocycles. The molecule has 0 spiro atoms. The van der Waals surface area contributed by atoms with Gasteiger partial charge in [0.05, 0.1) is 12.1 Å². The highest BCUT2D eigenvalue weighted by Gasteiger charge is 2.21. The highest BCUT2D eigenvalue weighted by molar-refractivity contribution is 5.79. The van der Waals surface area contributed by atoms with E-state index in [0.717, 1.165) is 28.1 Å². The van der Waals surface area contributed by atoms with Crippen LogP contribution in [0.4, 0.5) is 4.39 Å². The summed E-state index contributed by atoms with van der Waals surface area (Å²) in [6.07, 6.45) is 0.208. The van der Waals surface area contributed by atoms with Gasteiger partial charge in [0.25, 0.3) is 0 Å². The summed E-state index contributed by atoms with van der Waals surface area (Å²) < 4.78 is 15.3. The summed E-state index contributed by atoms with van der Waals surface area (Å²) >= 11 is 0. The van der Waals surface area contributed by atoms with E-state index in [1.165, 1.54) is 12.1 Å². The molecule has 0 unspecified atom stereocenters. The summed E-state index contributed by atoms with van der Waals surface area (Å²) in [6.45, 7) is 10.4. The number of rotatable bonds is 5. The second-order valence-corrected chi connectivity index (χ2v) is 6.64. The van der Waals surface area contributed by atoms with Crippen molar-refractivity contribution >= 4 is 5.91 Å². The molecular weight excluding hydrogens is 305 g/mol. The maximum absolute atomic E-state index is 13.5. The molecule has 0 fully saturated rings. The lowest BCUT2D eigenvalue weighted by Crippen LogP contribution is -2.37. The second-order valence-electron chi connectivity index (χ2n) is 6.64. The van der Waals surface area contributed by atoms with Crippen molar-refractivity contribution in [2.24, 2.45) is 7.05 Å². The van der Waals surface area contributed by atoms with E-state index in [1.807, 2.05) is 51.2 Å². The number of carbonyl (C=O) groups is 1. The first-order valence-corrected chi connectivity index (χ1v) is 8.24. The number of aromatic nitrogens is 2. The molecule has 1 amide bonds. The molecule has 0 N–H and O–H groups in total. The van der Waals surface area contributed by atoms with E-state index in [-0.39, 0.29) is 24.2 Å². The van der Waals surface area contributed by atoms with Crippen LogP contribution in [0.2, 0.25) is 0 Å². The van der Waals surface area contributed by atoms with Gasteiger partial charge in [-0.1, -0.05) is 6.07 Å². The Morgan fingerprint density at radius 2 is 1.96 bits per heavy atom. The fraction of sp³-hybridized carbons (Fsp3) is 0.474. The number of benzene rings is 1. The van der Waals surface area contributed by atoms with Crippen LogP contribution in [-0.2, 0) is 24.8 Å². The SMILES string of the molecule is Cc1ccc(F)cc1CC(=O)N(Cc1c(C)nn(C)c1C)C(C)C. The van der Waals surface area contributed by atoms with Crippen molar-refractivity contribution in [3.8, 4) is 0 Å². The Balaban J connectivity index is 2.24. The standard InChI is InChI=1S/C19H26FN3O/c1-12(2)23(11-18-14(4)21-22(6)15(18)5)19(24)10-16-9-17(20)8-7-13(16)3/h7-9,12H,10-11H2,1-6H3. The van der Waals surface area contributed by atoms with Crippen molar-refractivity contribution < 1.29 is 9.18 Å². The highest BCUT2D eigenvalue weighted by atomic mass is 19.1. The zero-order chi connectivity index (χ0) is 18.0. The molecule has 2 aromatic rings. The smallest absolute Gasteiger partial charge is 0.227 e. The van der Waals surface area contributed by atoms with E-state index in [1.54, 1.807) is 6.07 Å². The average Bonchev–Trinajstić information content (AvgIpc) is 2.73. The Hall–Kier alpha value is -2.17. The normalized spacial score (nSPS) is 11.2. The number of nitrogens with zero attached hydrogens (tertiary/aromatic N) is 3. The van der Waals surface area contributed by atoms with Crippen molar-refractivity contribution in [1.29, 1.82) is 0 Å². The van der Waals surface area contributed by atoms with Crippen LogP contribution in [-0.4, -0.2) is 26.6 Å². The number of hydrogen-bond donors (Lipinski definition) is 0. The molecule has 0 aliphatic carbocycles. The molecular formula is C19H26FN3O. The van der Waals surface area contributed by atoms with Gasteiger partial charge in [-0.05, 0) is 57.9 Å². The zero-order valence-corrected chi connectivity index (χ0v) is 15.4. The molecule has 0 radical (unpaired) electrons. The van der Waals surface area contributed by atoms with Gasteiger partial charge < -0.3 is 4.90 Å². The average molecular weight is 331 g/mol. The van der Waals surface area contributed by atoms with E-state index in [4.69, 9.17) is 0 Å². The minimum atomic E-state index is -0.307. The maximum atomic E-state index is 13.5. The Bertz CT molecular complexity index is 749. The molecule has 24 heavy (non-hydrogen) atoms. The number of hydrogen-bond acceptors (Lipinski definition) is 2. The van der Waals surface area contributed by atoms with Gasteiger partial charge >= 0.3 is 0 Å². The fourth-order valence-electron chi connectivity index (χ4n) is 2.87. The van der Waals surface area contributed by atoms with Gasteiger partial charge in [0.2, 0.25) is 5.91 Å². The molecule has 0 bridgehead atoms. The van der Waals surface area contributed by atoms with Gasteiger partial charge in [-0.2, -0.15) is 5.10 Å². The highest BCUT2D eigenvalue weighted by Crippen LogP contribution is 2.19. The zero-order valence-electron chi connectivity index (χ0n) is 15.4. The number of aryl methyl sites for hydroxylation is 3. The molecule has 1 aromatic carbocycles. The lowest BCUT2D eigenvalue weighted by Gasteiger charge is -2.27. The first-order valence-electron chi connectivity index (χ1n) is 8.24. The molecule has 0 aliphatic heterocycles. The lowest BCUT2D eigenvalue weighted by atomic mass is 10.0. The van der Waals surface area contributed by atoms with Crippen molar-refractivity contribution in [1.82, 2.24) is 14.7 Å². The van der Waals surface area contributed by atoms with Crippen LogP contribution in [0.1, 0.15) is 41.9 Å². The topological polar surface area (TPSA) is 38.1 Å². The van der Waals surface area contributed by atoms with E-state index in [9.17, 15) is 9.18 Å². The van der Waals surface area contributed by atoms with E-state index < -0.39 is 0 Å². The summed E-state index contributed by atoms with van der Waals surface area (Å²) in [4.78, 5) is 14.7. The van der Waals surface area contributed by atoms with E-state index in [2.05, 4.69) is 5.10 Å².